The third-order valence-corrected chi connectivity index (χ3v) is 4.61. The molecule has 4 aromatic rings. The van der Waals surface area contributed by atoms with Gasteiger partial charge in [-0.2, -0.15) is 0 Å². The number of ether oxygens (including phenoxy) is 1. The molecule has 2 aromatic heterocycles. The molecule has 2 aromatic carbocycles. The summed E-state index contributed by atoms with van der Waals surface area (Å²) in [5, 5.41) is 0.595. The highest BCUT2D eigenvalue weighted by Crippen LogP contribution is 2.30. The monoisotopic (exact) mass is 356 g/mol. The van der Waals surface area contributed by atoms with Crippen molar-refractivity contribution in [3.05, 3.63) is 93.9 Å². The van der Waals surface area contributed by atoms with Crippen molar-refractivity contribution in [1.29, 1.82) is 0 Å². The molecule has 134 valence electrons. The van der Waals surface area contributed by atoms with Gasteiger partial charge in [0, 0.05) is 6.20 Å². The van der Waals surface area contributed by atoms with Crippen LogP contribution in [-0.2, 0) is 6.61 Å². The second kappa shape index (κ2) is 7.08. The van der Waals surface area contributed by atoms with Gasteiger partial charge in [0.2, 0.25) is 0 Å². The Kier molecular flexibility index (Phi) is 4.47. The normalized spacial score (nSPS) is 10.9. The first-order valence-corrected chi connectivity index (χ1v) is 8.88. The van der Waals surface area contributed by atoms with Crippen molar-refractivity contribution in [3.63, 3.8) is 0 Å². The molecule has 0 fully saturated rings. The van der Waals surface area contributed by atoms with Crippen LogP contribution >= 0.6 is 0 Å². The van der Waals surface area contributed by atoms with E-state index in [1.807, 2.05) is 62.4 Å². The molecule has 0 atom stereocenters. The van der Waals surface area contributed by atoms with Gasteiger partial charge in [-0.15, -0.1) is 0 Å². The number of hydrogen-bond acceptors (Lipinski definition) is 3. The molecule has 4 heteroatoms. The van der Waals surface area contributed by atoms with Crippen LogP contribution in [0.4, 0.5) is 0 Å². The van der Waals surface area contributed by atoms with Gasteiger partial charge in [0.25, 0.3) is 5.56 Å². The van der Waals surface area contributed by atoms with E-state index in [0.29, 0.717) is 17.5 Å². The van der Waals surface area contributed by atoms with E-state index in [0.717, 1.165) is 33.7 Å². The van der Waals surface area contributed by atoms with E-state index in [9.17, 15) is 4.79 Å². The Labute approximate surface area is 157 Å². The van der Waals surface area contributed by atoms with Gasteiger partial charge >= 0.3 is 0 Å². The molecule has 0 saturated heterocycles. The molecule has 0 radical (unpaired) electrons. The first-order valence-electron chi connectivity index (χ1n) is 8.88. The standard InChI is InChI=1S/C23H20N2O2/c1-15-11-18(20-13-21-19(23(26)25-20)9-6-10-24-21)12-16(2)22(15)27-14-17-7-4-3-5-8-17/h3-13H,14H2,1-2H3,(H,25,26). The SMILES string of the molecule is Cc1cc(-c2cc3ncccc3c(=O)[nH]2)cc(C)c1OCc1ccccc1. The number of pyridine rings is 2. The number of rotatable bonds is 4. The zero-order valence-electron chi connectivity index (χ0n) is 15.3. The molecule has 0 aliphatic heterocycles. The molecule has 4 rings (SSSR count). The maximum atomic E-state index is 12.3. The quantitative estimate of drug-likeness (QED) is 0.572. The minimum absolute atomic E-state index is 0.129. The lowest BCUT2D eigenvalue weighted by atomic mass is 10.0. The molecule has 2 heterocycles. The van der Waals surface area contributed by atoms with Crippen LogP contribution in [-0.4, -0.2) is 9.97 Å². The zero-order chi connectivity index (χ0) is 18.8. The number of nitrogens with zero attached hydrogens (tertiary/aromatic N) is 1. The van der Waals surface area contributed by atoms with Gasteiger partial charge in [-0.3, -0.25) is 9.78 Å². The number of fused-ring (bicyclic) bond motifs is 1. The third kappa shape index (κ3) is 3.47. The van der Waals surface area contributed by atoms with Crippen molar-refractivity contribution >= 4 is 10.9 Å². The Morgan fingerprint density at radius 3 is 2.44 bits per heavy atom. The van der Waals surface area contributed by atoms with Crippen LogP contribution in [0.15, 0.2) is 71.7 Å². The molecule has 0 spiro atoms. The van der Waals surface area contributed by atoms with Gasteiger partial charge in [-0.05, 0) is 66.4 Å². The Bertz CT molecular complexity index is 1140. The van der Waals surface area contributed by atoms with Crippen molar-refractivity contribution in [2.45, 2.75) is 20.5 Å². The Balaban J connectivity index is 1.68. The summed E-state index contributed by atoms with van der Waals surface area (Å²) in [5.74, 6) is 0.879. The molecule has 0 aliphatic rings. The van der Waals surface area contributed by atoms with Gasteiger partial charge in [-0.1, -0.05) is 30.3 Å². The predicted octanol–water partition coefficient (Wildman–Crippen LogP) is 4.79. The lowest BCUT2D eigenvalue weighted by Gasteiger charge is -2.14. The minimum atomic E-state index is -0.129. The van der Waals surface area contributed by atoms with E-state index in [2.05, 4.69) is 9.97 Å². The van der Waals surface area contributed by atoms with Crippen molar-refractivity contribution in [3.8, 4) is 17.0 Å². The summed E-state index contributed by atoms with van der Waals surface area (Å²) in [6.45, 7) is 4.57. The number of aromatic nitrogens is 2. The topological polar surface area (TPSA) is 55.0 Å². The van der Waals surface area contributed by atoms with Crippen LogP contribution in [0.3, 0.4) is 0 Å². The highest BCUT2D eigenvalue weighted by atomic mass is 16.5. The molecule has 27 heavy (non-hydrogen) atoms. The van der Waals surface area contributed by atoms with Gasteiger partial charge in [0.1, 0.15) is 12.4 Å². The average Bonchev–Trinajstić information content (AvgIpc) is 2.68. The molecular weight excluding hydrogens is 336 g/mol. The predicted molar refractivity (Wildman–Crippen MR) is 108 cm³/mol. The number of H-pyrrole nitrogens is 1. The van der Waals surface area contributed by atoms with Gasteiger partial charge in [-0.25, -0.2) is 0 Å². The van der Waals surface area contributed by atoms with Gasteiger partial charge in [0.15, 0.2) is 0 Å². The first-order chi connectivity index (χ1) is 13.1. The van der Waals surface area contributed by atoms with Gasteiger partial charge < -0.3 is 9.72 Å². The molecule has 1 N–H and O–H groups in total. The minimum Gasteiger partial charge on any atom is -0.488 e. The zero-order valence-corrected chi connectivity index (χ0v) is 15.3. The van der Waals surface area contributed by atoms with Crippen molar-refractivity contribution in [2.24, 2.45) is 0 Å². The van der Waals surface area contributed by atoms with E-state index in [1.165, 1.54) is 0 Å². The maximum Gasteiger partial charge on any atom is 0.257 e. The summed E-state index contributed by atoms with van der Waals surface area (Å²) >= 11 is 0. The summed E-state index contributed by atoms with van der Waals surface area (Å²) in [6, 6.07) is 19.6. The second-order valence-electron chi connectivity index (χ2n) is 6.66. The summed E-state index contributed by atoms with van der Waals surface area (Å²) in [7, 11) is 0. The van der Waals surface area contributed by atoms with E-state index in [4.69, 9.17) is 4.74 Å². The molecule has 0 aliphatic carbocycles. The fourth-order valence-corrected chi connectivity index (χ4v) is 3.31. The maximum absolute atomic E-state index is 12.3. The molecular formula is C23H20N2O2. The van der Waals surface area contributed by atoms with Crippen LogP contribution in [0.1, 0.15) is 16.7 Å². The third-order valence-electron chi connectivity index (χ3n) is 4.61. The molecule has 4 nitrogen and oxygen atoms in total. The molecule has 0 unspecified atom stereocenters. The van der Waals surface area contributed by atoms with Gasteiger partial charge in [0.05, 0.1) is 16.6 Å². The van der Waals surface area contributed by atoms with Crippen LogP contribution in [0, 0.1) is 13.8 Å². The highest BCUT2D eigenvalue weighted by molar-refractivity contribution is 5.81. The number of aromatic amines is 1. The summed E-state index contributed by atoms with van der Waals surface area (Å²) in [5.41, 5.74) is 5.45. The van der Waals surface area contributed by atoms with Crippen LogP contribution in [0.2, 0.25) is 0 Å². The van der Waals surface area contributed by atoms with Crippen molar-refractivity contribution in [1.82, 2.24) is 9.97 Å². The second-order valence-corrected chi connectivity index (χ2v) is 6.66. The van der Waals surface area contributed by atoms with E-state index < -0.39 is 0 Å². The van der Waals surface area contributed by atoms with E-state index >= 15 is 0 Å². The average molecular weight is 356 g/mol. The fourth-order valence-electron chi connectivity index (χ4n) is 3.31. The number of benzene rings is 2. The summed E-state index contributed by atoms with van der Waals surface area (Å²) in [6.07, 6.45) is 1.70. The lowest BCUT2D eigenvalue weighted by molar-refractivity contribution is 0.302. The number of hydrogen-bond donors (Lipinski definition) is 1. The van der Waals surface area contributed by atoms with Crippen molar-refractivity contribution in [2.75, 3.05) is 0 Å². The van der Waals surface area contributed by atoms with Crippen LogP contribution < -0.4 is 10.3 Å². The van der Waals surface area contributed by atoms with E-state index in [-0.39, 0.29) is 5.56 Å². The fraction of sp³-hybridized carbons (Fsp3) is 0.130. The molecule has 0 bridgehead atoms. The lowest BCUT2D eigenvalue weighted by Crippen LogP contribution is -2.08. The Hall–Kier alpha value is -3.40. The highest BCUT2D eigenvalue weighted by Gasteiger charge is 2.10. The molecule has 0 amide bonds. The van der Waals surface area contributed by atoms with Crippen molar-refractivity contribution < 1.29 is 4.74 Å². The Morgan fingerprint density at radius 2 is 1.70 bits per heavy atom. The summed E-state index contributed by atoms with van der Waals surface area (Å²) < 4.78 is 6.05. The largest absolute Gasteiger partial charge is 0.488 e. The number of nitrogens with one attached hydrogen (secondary N) is 1. The molecule has 0 saturated carbocycles. The summed E-state index contributed by atoms with van der Waals surface area (Å²) in [4.78, 5) is 19.6. The first kappa shape index (κ1) is 17.0. The van der Waals surface area contributed by atoms with Crippen LogP contribution in [0.25, 0.3) is 22.2 Å². The van der Waals surface area contributed by atoms with Crippen LogP contribution in [0.5, 0.6) is 5.75 Å². The van der Waals surface area contributed by atoms with E-state index in [1.54, 1.807) is 18.3 Å². The Morgan fingerprint density at radius 1 is 0.963 bits per heavy atom. The smallest absolute Gasteiger partial charge is 0.257 e. The number of aryl methyl sites for hydroxylation is 2.